The molecule has 0 atom stereocenters. The fraction of sp³-hybridized carbons (Fsp3) is 0.444. The van der Waals surface area contributed by atoms with Gasteiger partial charge in [0.05, 0.1) is 0 Å². The van der Waals surface area contributed by atoms with Crippen molar-refractivity contribution < 1.29 is 4.79 Å². The van der Waals surface area contributed by atoms with Crippen LogP contribution < -0.4 is 5.32 Å². The molecule has 1 aromatic rings. The minimum Gasteiger partial charge on any atom is -0.352 e. The summed E-state index contributed by atoms with van der Waals surface area (Å²) in [6.45, 7) is 2.67. The molecule has 0 saturated carbocycles. The van der Waals surface area contributed by atoms with Crippen LogP contribution >= 0.6 is 11.3 Å². The summed E-state index contributed by atoms with van der Waals surface area (Å²) >= 11 is 1.65. The Kier molecular flexibility index (Phi) is 3.80. The van der Waals surface area contributed by atoms with E-state index in [1.165, 1.54) is 5.56 Å². The number of hydrogen-bond acceptors (Lipinski definition) is 2. The fourth-order valence-electron chi connectivity index (χ4n) is 0.909. The second kappa shape index (κ2) is 4.93. The Labute approximate surface area is 76.6 Å². The van der Waals surface area contributed by atoms with Gasteiger partial charge in [-0.3, -0.25) is 4.79 Å². The molecule has 1 aromatic heterocycles. The summed E-state index contributed by atoms with van der Waals surface area (Å²) in [4.78, 5) is 11.0. The number of carbonyl (C=O) groups excluding carboxylic acids is 1. The van der Waals surface area contributed by atoms with E-state index in [1.807, 2.05) is 23.8 Å². The zero-order chi connectivity index (χ0) is 8.81. The van der Waals surface area contributed by atoms with E-state index >= 15 is 0 Å². The summed E-state index contributed by atoms with van der Waals surface area (Å²) in [5.74, 6) is 0.142. The topological polar surface area (TPSA) is 29.1 Å². The van der Waals surface area contributed by atoms with Crippen molar-refractivity contribution in [2.45, 2.75) is 26.3 Å². The van der Waals surface area contributed by atoms with Gasteiger partial charge in [-0.25, -0.2) is 0 Å². The Morgan fingerprint density at radius 2 is 2.50 bits per heavy atom. The van der Waals surface area contributed by atoms with Crippen LogP contribution in [-0.2, 0) is 11.3 Å². The molecule has 0 aliphatic heterocycles. The lowest BCUT2D eigenvalue weighted by Crippen LogP contribution is -2.21. The number of nitrogens with one attached hydrogen (secondary N) is 1. The first kappa shape index (κ1) is 9.26. The minimum atomic E-state index is 0.142. The third-order valence-corrected chi connectivity index (χ3v) is 2.28. The first-order valence-electron chi connectivity index (χ1n) is 4.10. The molecule has 0 spiro atoms. The standard InChI is InChI=1S/C9H13NOS/c1-2-3-9(11)10-6-8-4-5-12-7-8/h4-5,7H,2-3,6H2,1H3,(H,10,11). The van der Waals surface area contributed by atoms with Crippen LogP contribution in [0.25, 0.3) is 0 Å². The monoisotopic (exact) mass is 183 g/mol. The Bertz CT molecular complexity index is 231. The molecule has 2 nitrogen and oxygen atoms in total. The van der Waals surface area contributed by atoms with Crippen molar-refractivity contribution in [1.29, 1.82) is 0 Å². The normalized spacial score (nSPS) is 9.75. The molecule has 1 heterocycles. The molecule has 0 bridgehead atoms. The predicted molar refractivity (Wildman–Crippen MR) is 51.1 cm³/mol. The van der Waals surface area contributed by atoms with Crippen LogP contribution in [0.3, 0.4) is 0 Å². The highest BCUT2D eigenvalue weighted by Crippen LogP contribution is 2.04. The van der Waals surface area contributed by atoms with Gasteiger partial charge in [0.1, 0.15) is 0 Å². The summed E-state index contributed by atoms with van der Waals surface area (Å²) in [6.07, 6.45) is 1.54. The van der Waals surface area contributed by atoms with Crippen molar-refractivity contribution in [3.8, 4) is 0 Å². The Morgan fingerprint density at radius 3 is 3.08 bits per heavy atom. The van der Waals surface area contributed by atoms with Crippen molar-refractivity contribution in [3.05, 3.63) is 22.4 Å². The molecule has 0 saturated heterocycles. The zero-order valence-corrected chi connectivity index (χ0v) is 7.99. The van der Waals surface area contributed by atoms with Crippen LogP contribution in [0.5, 0.6) is 0 Å². The van der Waals surface area contributed by atoms with E-state index in [0.29, 0.717) is 13.0 Å². The lowest BCUT2D eigenvalue weighted by atomic mass is 10.3. The number of hydrogen-bond donors (Lipinski definition) is 1. The van der Waals surface area contributed by atoms with E-state index in [-0.39, 0.29) is 5.91 Å². The predicted octanol–water partition coefficient (Wildman–Crippen LogP) is 2.16. The largest absolute Gasteiger partial charge is 0.352 e. The molecule has 66 valence electrons. The number of thiophene rings is 1. The van der Waals surface area contributed by atoms with Crippen molar-refractivity contribution in [2.75, 3.05) is 0 Å². The summed E-state index contributed by atoms with van der Waals surface area (Å²) in [5.41, 5.74) is 1.18. The molecule has 0 aliphatic carbocycles. The molecule has 1 rings (SSSR count). The van der Waals surface area contributed by atoms with Gasteiger partial charge in [-0.15, -0.1) is 0 Å². The summed E-state index contributed by atoms with van der Waals surface area (Å²) in [7, 11) is 0. The molecule has 0 fully saturated rings. The molecule has 1 N–H and O–H groups in total. The van der Waals surface area contributed by atoms with Gasteiger partial charge in [0, 0.05) is 13.0 Å². The molecule has 1 amide bonds. The average molecular weight is 183 g/mol. The first-order chi connectivity index (χ1) is 5.83. The van der Waals surface area contributed by atoms with Crippen LogP contribution in [0.4, 0.5) is 0 Å². The summed E-state index contributed by atoms with van der Waals surface area (Å²) in [5, 5.41) is 6.92. The van der Waals surface area contributed by atoms with Gasteiger partial charge < -0.3 is 5.32 Å². The molecule has 0 aromatic carbocycles. The molecule has 3 heteroatoms. The van der Waals surface area contributed by atoms with Crippen molar-refractivity contribution in [1.82, 2.24) is 5.32 Å². The number of rotatable bonds is 4. The van der Waals surface area contributed by atoms with E-state index in [4.69, 9.17) is 0 Å². The SMILES string of the molecule is CCCC(=O)NCc1ccsc1. The molecule has 0 radical (unpaired) electrons. The second-order valence-electron chi connectivity index (χ2n) is 2.66. The highest BCUT2D eigenvalue weighted by atomic mass is 32.1. The third kappa shape index (κ3) is 3.05. The smallest absolute Gasteiger partial charge is 0.220 e. The van der Waals surface area contributed by atoms with Crippen LogP contribution in [0.2, 0.25) is 0 Å². The van der Waals surface area contributed by atoms with E-state index in [0.717, 1.165) is 6.42 Å². The van der Waals surface area contributed by atoms with Gasteiger partial charge >= 0.3 is 0 Å². The zero-order valence-electron chi connectivity index (χ0n) is 7.17. The molecular weight excluding hydrogens is 170 g/mol. The van der Waals surface area contributed by atoms with Crippen molar-refractivity contribution >= 4 is 17.2 Å². The molecule has 0 unspecified atom stereocenters. The quantitative estimate of drug-likeness (QED) is 0.761. The van der Waals surface area contributed by atoms with E-state index in [1.54, 1.807) is 11.3 Å². The maximum atomic E-state index is 11.0. The van der Waals surface area contributed by atoms with Gasteiger partial charge in [0.15, 0.2) is 0 Å². The van der Waals surface area contributed by atoms with Gasteiger partial charge in [-0.2, -0.15) is 11.3 Å². The maximum Gasteiger partial charge on any atom is 0.220 e. The second-order valence-corrected chi connectivity index (χ2v) is 3.44. The minimum absolute atomic E-state index is 0.142. The Morgan fingerprint density at radius 1 is 1.67 bits per heavy atom. The molecule has 0 aliphatic rings. The van der Waals surface area contributed by atoms with Crippen molar-refractivity contribution in [3.63, 3.8) is 0 Å². The first-order valence-corrected chi connectivity index (χ1v) is 5.05. The highest BCUT2D eigenvalue weighted by Gasteiger charge is 1.98. The summed E-state index contributed by atoms with van der Waals surface area (Å²) in [6, 6.07) is 2.02. The van der Waals surface area contributed by atoms with Gasteiger partial charge in [-0.05, 0) is 28.8 Å². The van der Waals surface area contributed by atoms with Gasteiger partial charge in [0.25, 0.3) is 0 Å². The number of amides is 1. The van der Waals surface area contributed by atoms with Crippen LogP contribution in [0, 0.1) is 0 Å². The fourth-order valence-corrected chi connectivity index (χ4v) is 1.58. The lowest BCUT2D eigenvalue weighted by Gasteiger charge is -2.00. The molecule has 12 heavy (non-hydrogen) atoms. The molecular formula is C9H13NOS. The lowest BCUT2D eigenvalue weighted by molar-refractivity contribution is -0.121. The Balaban J connectivity index is 2.22. The van der Waals surface area contributed by atoms with Gasteiger partial charge in [0.2, 0.25) is 5.91 Å². The van der Waals surface area contributed by atoms with Crippen LogP contribution in [-0.4, -0.2) is 5.91 Å². The summed E-state index contributed by atoms with van der Waals surface area (Å²) < 4.78 is 0. The van der Waals surface area contributed by atoms with Crippen LogP contribution in [0.15, 0.2) is 16.8 Å². The van der Waals surface area contributed by atoms with E-state index in [9.17, 15) is 4.79 Å². The average Bonchev–Trinajstić information content (AvgIpc) is 2.53. The third-order valence-electron chi connectivity index (χ3n) is 1.55. The Hall–Kier alpha value is -0.830. The highest BCUT2D eigenvalue weighted by molar-refractivity contribution is 7.07. The van der Waals surface area contributed by atoms with E-state index < -0.39 is 0 Å². The van der Waals surface area contributed by atoms with Crippen molar-refractivity contribution in [2.24, 2.45) is 0 Å². The number of carbonyl (C=O) groups is 1. The van der Waals surface area contributed by atoms with Crippen LogP contribution in [0.1, 0.15) is 25.3 Å². The van der Waals surface area contributed by atoms with Gasteiger partial charge in [-0.1, -0.05) is 6.92 Å². The maximum absolute atomic E-state index is 11.0. The van der Waals surface area contributed by atoms with E-state index in [2.05, 4.69) is 5.32 Å².